The average Bonchev–Trinajstić information content (AvgIpc) is 3.07. The molecular formula is C12H12ClF3N2S. The Morgan fingerprint density at radius 1 is 1.42 bits per heavy atom. The number of hydrogen-bond donors (Lipinski definition) is 1. The lowest BCUT2D eigenvalue weighted by Crippen LogP contribution is -2.37. The highest BCUT2D eigenvalue weighted by atomic mass is 35.5. The fourth-order valence-corrected chi connectivity index (χ4v) is 2.28. The minimum atomic E-state index is -4.28. The van der Waals surface area contributed by atoms with E-state index in [2.05, 4.69) is 0 Å². The monoisotopic (exact) mass is 308 g/mol. The zero-order valence-corrected chi connectivity index (χ0v) is 11.4. The van der Waals surface area contributed by atoms with Crippen molar-refractivity contribution in [1.82, 2.24) is 0 Å². The zero-order chi connectivity index (χ0) is 14.2. The number of nitrogens with zero attached hydrogens (tertiary/aromatic N) is 1. The molecule has 0 aliphatic heterocycles. The minimum Gasteiger partial charge on any atom is -0.389 e. The van der Waals surface area contributed by atoms with Crippen molar-refractivity contribution in [2.45, 2.75) is 25.1 Å². The van der Waals surface area contributed by atoms with E-state index in [0.717, 1.165) is 12.8 Å². The molecule has 0 aromatic heterocycles. The average molecular weight is 309 g/mol. The van der Waals surface area contributed by atoms with Crippen molar-refractivity contribution >= 4 is 34.5 Å². The van der Waals surface area contributed by atoms with Gasteiger partial charge in [0.2, 0.25) is 0 Å². The van der Waals surface area contributed by atoms with Crippen LogP contribution in [0.2, 0.25) is 5.02 Å². The van der Waals surface area contributed by atoms with Crippen LogP contribution in [0.1, 0.15) is 18.4 Å². The summed E-state index contributed by atoms with van der Waals surface area (Å²) in [5.74, 6) is 0. The van der Waals surface area contributed by atoms with Gasteiger partial charge in [-0.1, -0.05) is 23.8 Å². The van der Waals surface area contributed by atoms with E-state index in [4.69, 9.17) is 29.6 Å². The molecule has 2 N–H and O–H groups in total. The van der Waals surface area contributed by atoms with Crippen molar-refractivity contribution < 1.29 is 13.2 Å². The van der Waals surface area contributed by atoms with Crippen LogP contribution >= 0.6 is 23.8 Å². The van der Waals surface area contributed by atoms with Crippen LogP contribution in [-0.2, 0) is 0 Å². The molecule has 0 spiro atoms. The Balaban J connectivity index is 2.40. The molecule has 1 aromatic carbocycles. The molecule has 104 valence electrons. The fraction of sp³-hybridized carbons (Fsp3) is 0.417. The largest absolute Gasteiger partial charge is 0.405 e. The molecule has 7 heteroatoms. The van der Waals surface area contributed by atoms with Crippen molar-refractivity contribution in [3.05, 3.63) is 28.8 Å². The number of hydrogen-bond acceptors (Lipinski definition) is 2. The molecule has 1 fully saturated rings. The number of halogens is 4. The smallest absolute Gasteiger partial charge is 0.389 e. The number of alkyl halides is 3. The Morgan fingerprint density at radius 2 is 2.05 bits per heavy atom. The van der Waals surface area contributed by atoms with E-state index in [0.29, 0.717) is 16.3 Å². The summed E-state index contributed by atoms with van der Waals surface area (Å²) >= 11 is 10.8. The Kier molecular flexibility index (Phi) is 3.92. The molecule has 0 heterocycles. The van der Waals surface area contributed by atoms with Gasteiger partial charge in [-0.3, -0.25) is 0 Å². The summed E-state index contributed by atoms with van der Waals surface area (Å²) in [7, 11) is 0. The van der Waals surface area contributed by atoms with E-state index in [1.807, 2.05) is 0 Å². The highest BCUT2D eigenvalue weighted by molar-refractivity contribution is 7.80. The molecule has 0 unspecified atom stereocenters. The second kappa shape index (κ2) is 5.17. The SMILES string of the molecule is NC(=S)c1ccc(Cl)cc1N(CC(F)(F)F)C1CC1. The first-order valence-corrected chi connectivity index (χ1v) is 6.49. The maximum absolute atomic E-state index is 12.7. The molecule has 1 aromatic rings. The number of nitrogens with two attached hydrogens (primary N) is 1. The van der Waals surface area contributed by atoms with Gasteiger partial charge >= 0.3 is 6.18 Å². The third-order valence-corrected chi connectivity index (χ3v) is 3.33. The Bertz CT molecular complexity index is 500. The maximum atomic E-state index is 12.7. The van der Waals surface area contributed by atoms with Gasteiger partial charge in [0, 0.05) is 22.3 Å². The number of anilines is 1. The van der Waals surface area contributed by atoms with Crippen molar-refractivity contribution in [2.24, 2.45) is 5.73 Å². The zero-order valence-electron chi connectivity index (χ0n) is 9.88. The van der Waals surface area contributed by atoms with Gasteiger partial charge in [-0.15, -0.1) is 0 Å². The van der Waals surface area contributed by atoms with Gasteiger partial charge in [0.1, 0.15) is 11.5 Å². The highest BCUT2D eigenvalue weighted by Gasteiger charge is 2.39. The van der Waals surface area contributed by atoms with Crippen molar-refractivity contribution in [2.75, 3.05) is 11.4 Å². The van der Waals surface area contributed by atoms with Gasteiger partial charge in [0.15, 0.2) is 0 Å². The van der Waals surface area contributed by atoms with E-state index < -0.39 is 12.7 Å². The minimum absolute atomic E-state index is 0.0690. The van der Waals surface area contributed by atoms with Crippen molar-refractivity contribution in [1.29, 1.82) is 0 Å². The van der Waals surface area contributed by atoms with Crippen LogP contribution in [0.5, 0.6) is 0 Å². The molecule has 1 aliphatic carbocycles. The molecule has 0 amide bonds. The second-order valence-corrected chi connectivity index (χ2v) is 5.38. The van der Waals surface area contributed by atoms with Crippen LogP contribution < -0.4 is 10.6 Å². The summed E-state index contributed by atoms with van der Waals surface area (Å²) in [6.07, 6.45) is -2.81. The first-order chi connectivity index (χ1) is 8.78. The van der Waals surface area contributed by atoms with Crippen LogP contribution in [0.3, 0.4) is 0 Å². The first-order valence-electron chi connectivity index (χ1n) is 5.70. The van der Waals surface area contributed by atoms with E-state index >= 15 is 0 Å². The van der Waals surface area contributed by atoms with Gasteiger partial charge in [-0.2, -0.15) is 13.2 Å². The molecule has 1 saturated carbocycles. The molecule has 0 bridgehead atoms. The van der Waals surface area contributed by atoms with Gasteiger partial charge in [0.25, 0.3) is 0 Å². The summed E-state index contributed by atoms with van der Waals surface area (Å²) in [6.45, 7) is -1.02. The van der Waals surface area contributed by atoms with Gasteiger partial charge in [-0.05, 0) is 31.0 Å². The van der Waals surface area contributed by atoms with Gasteiger partial charge in [-0.25, -0.2) is 0 Å². The summed E-state index contributed by atoms with van der Waals surface area (Å²) in [4.78, 5) is 1.36. The molecule has 2 rings (SSSR count). The summed E-state index contributed by atoms with van der Waals surface area (Å²) in [6, 6.07) is 4.50. The van der Waals surface area contributed by atoms with E-state index in [1.165, 1.54) is 11.0 Å². The molecule has 0 saturated heterocycles. The third-order valence-electron chi connectivity index (χ3n) is 2.87. The Morgan fingerprint density at radius 3 is 2.53 bits per heavy atom. The highest BCUT2D eigenvalue weighted by Crippen LogP contribution is 2.37. The predicted molar refractivity (Wildman–Crippen MR) is 73.8 cm³/mol. The standard InChI is InChI=1S/C12H12ClF3N2S/c13-7-1-4-9(11(17)19)10(5-7)18(8-2-3-8)6-12(14,15)16/h1,4-5,8H,2-3,6H2,(H2,17,19). The summed E-state index contributed by atoms with van der Waals surface area (Å²) in [5.41, 5.74) is 6.35. The fourth-order valence-electron chi connectivity index (χ4n) is 1.94. The lowest BCUT2D eigenvalue weighted by atomic mass is 10.1. The third kappa shape index (κ3) is 3.73. The second-order valence-electron chi connectivity index (χ2n) is 4.50. The van der Waals surface area contributed by atoms with E-state index in [-0.39, 0.29) is 11.0 Å². The molecule has 1 aliphatic rings. The first kappa shape index (κ1) is 14.4. The predicted octanol–water partition coefficient (Wildman–Crippen LogP) is 3.51. The van der Waals surface area contributed by atoms with Crippen LogP contribution in [0.15, 0.2) is 18.2 Å². The quantitative estimate of drug-likeness (QED) is 0.863. The maximum Gasteiger partial charge on any atom is 0.405 e. The van der Waals surface area contributed by atoms with Crippen LogP contribution in [0.4, 0.5) is 18.9 Å². The molecule has 2 nitrogen and oxygen atoms in total. The number of rotatable bonds is 4. The summed E-state index contributed by atoms with van der Waals surface area (Å²) in [5, 5.41) is 0.364. The van der Waals surface area contributed by atoms with E-state index in [9.17, 15) is 13.2 Å². The van der Waals surface area contributed by atoms with Crippen LogP contribution in [-0.4, -0.2) is 23.8 Å². The number of benzene rings is 1. The normalized spacial score (nSPS) is 15.4. The Hall–Kier alpha value is -1.01. The molecule has 0 radical (unpaired) electrons. The lowest BCUT2D eigenvalue weighted by Gasteiger charge is -2.28. The van der Waals surface area contributed by atoms with Gasteiger partial charge < -0.3 is 10.6 Å². The van der Waals surface area contributed by atoms with Crippen LogP contribution in [0.25, 0.3) is 0 Å². The van der Waals surface area contributed by atoms with Crippen LogP contribution in [0, 0.1) is 0 Å². The van der Waals surface area contributed by atoms with Crippen molar-refractivity contribution in [3.8, 4) is 0 Å². The van der Waals surface area contributed by atoms with Gasteiger partial charge in [0.05, 0.1) is 0 Å². The molecular weight excluding hydrogens is 297 g/mol. The van der Waals surface area contributed by atoms with Crippen molar-refractivity contribution in [3.63, 3.8) is 0 Å². The van der Waals surface area contributed by atoms with E-state index in [1.54, 1.807) is 12.1 Å². The summed E-state index contributed by atoms with van der Waals surface area (Å²) < 4.78 is 38.0. The topological polar surface area (TPSA) is 29.3 Å². The number of thiocarbonyl (C=S) groups is 1. The Labute approximate surface area is 119 Å². The molecule has 0 atom stereocenters. The lowest BCUT2D eigenvalue weighted by molar-refractivity contribution is -0.120. The molecule has 19 heavy (non-hydrogen) atoms.